The minimum Gasteiger partial charge on any atom is -0.388 e. The first-order valence-corrected chi connectivity index (χ1v) is 10.4. The Hall–Kier alpha value is -3.20. The molecule has 9 heteroatoms. The molecule has 9 nitrogen and oxygen atoms in total. The summed E-state index contributed by atoms with van der Waals surface area (Å²) in [6.07, 6.45) is 2.44. The molecule has 3 N–H and O–H groups in total. The molecule has 0 unspecified atom stereocenters. The van der Waals surface area contributed by atoms with Crippen LogP contribution in [0.3, 0.4) is 0 Å². The second-order valence-corrected chi connectivity index (χ2v) is 8.64. The molecule has 0 aliphatic carbocycles. The third-order valence-electron chi connectivity index (χ3n) is 6.08. The molecule has 1 aromatic carbocycles. The zero-order chi connectivity index (χ0) is 22.3. The van der Waals surface area contributed by atoms with Crippen molar-refractivity contribution in [2.45, 2.75) is 51.7 Å². The number of carbonyl (C=O) groups excluding carboxylic acids is 1. The van der Waals surface area contributed by atoms with E-state index in [2.05, 4.69) is 21.0 Å². The number of hydrogen-bond donors (Lipinski definition) is 3. The molecule has 1 saturated heterocycles. The van der Waals surface area contributed by atoms with Gasteiger partial charge in [0.2, 0.25) is 5.91 Å². The maximum atomic E-state index is 12.9. The number of aryl methyl sites for hydroxylation is 3. The minimum atomic E-state index is -1.17. The Balaban J connectivity index is 1.48. The van der Waals surface area contributed by atoms with Crippen molar-refractivity contribution in [3.63, 3.8) is 0 Å². The van der Waals surface area contributed by atoms with E-state index in [0.29, 0.717) is 19.4 Å². The van der Waals surface area contributed by atoms with Gasteiger partial charge in [0, 0.05) is 38.2 Å². The molecule has 0 saturated carbocycles. The molecule has 2 aromatic heterocycles. The first-order valence-electron chi connectivity index (χ1n) is 10.4. The van der Waals surface area contributed by atoms with Crippen LogP contribution in [-0.2, 0) is 11.2 Å². The number of piperidine rings is 1. The highest BCUT2D eigenvalue weighted by molar-refractivity contribution is 5.80. The number of rotatable bonds is 4. The molecule has 0 bridgehead atoms. The highest BCUT2D eigenvalue weighted by Crippen LogP contribution is 2.31. The second-order valence-electron chi connectivity index (χ2n) is 8.64. The van der Waals surface area contributed by atoms with Crippen molar-refractivity contribution in [3.8, 4) is 0 Å². The summed E-state index contributed by atoms with van der Waals surface area (Å²) in [5.41, 5.74) is 1.86. The predicted molar refractivity (Wildman–Crippen MR) is 116 cm³/mol. The molecular weight excluding hydrogens is 398 g/mol. The molecule has 1 aliphatic heterocycles. The Labute approximate surface area is 178 Å². The molecule has 1 aliphatic rings. The van der Waals surface area contributed by atoms with Crippen molar-refractivity contribution in [1.82, 2.24) is 24.4 Å². The van der Waals surface area contributed by atoms with Gasteiger partial charge in [-0.15, -0.1) is 0 Å². The summed E-state index contributed by atoms with van der Waals surface area (Å²) in [6.45, 7) is 6.29. The molecule has 164 valence electrons. The van der Waals surface area contributed by atoms with Gasteiger partial charge in [-0.05, 0) is 44.4 Å². The monoisotopic (exact) mass is 425 g/mol. The van der Waals surface area contributed by atoms with Crippen molar-refractivity contribution in [2.75, 3.05) is 13.1 Å². The maximum Gasteiger partial charge on any atom is 0.328 e. The fraction of sp³-hybridized carbons (Fsp3) is 0.455. The van der Waals surface area contributed by atoms with Crippen LogP contribution < -0.4 is 11.2 Å². The highest BCUT2D eigenvalue weighted by Gasteiger charge is 2.40. The molecule has 31 heavy (non-hydrogen) atoms. The summed E-state index contributed by atoms with van der Waals surface area (Å²) in [7, 11) is 0. The van der Waals surface area contributed by atoms with Gasteiger partial charge in [0.15, 0.2) is 0 Å². The number of H-pyrrole nitrogens is 2. The van der Waals surface area contributed by atoms with Crippen molar-refractivity contribution >= 4 is 16.9 Å². The van der Waals surface area contributed by atoms with Crippen molar-refractivity contribution in [3.05, 3.63) is 62.2 Å². The Kier molecular flexibility index (Phi) is 5.30. The summed E-state index contributed by atoms with van der Waals surface area (Å²) in [4.78, 5) is 48.3. The number of nitrogens with zero attached hydrogens (tertiary/aromatic N) is 3. The first-order chi connectivity index (χ1) is 14.6. The zero-order valence-corrected chi connectivity index (χ0v) is 17.9. The number of aliphatic hydroxyl groups is 1. The van der Waals surface area contributed by atoms with Gasteiger partial charge in [-0.2, -0.15) is 0 Å². The second kappa shape index (κ2) is 7.81. The Morgan fingerprint density at radius 3 is 2.81 bits per heavy atom. The van der Waals surface area contributed by atoms with Gasteiger partial charge in [-0.1, -0.05) is 6.07 Å². The van der Waals surface area contributed by atoms with E-state index >= 15 is 0 Å². The van der Waals surface area contributed by atoms with Crippen LogP contribution in [0.2, 0.25) is 0 Å². The minimum absolute atomic E-state index is 0.0636. The number of aromatic nitrogens is 4. The SMILES string of the molecule is Cc1cc(C)c2nc(CCC(=O)N3CC[C@@](C)(O)[C@H](n4ccc(=O)[nH]c4=O)C3)[nH]c2c1. The third kappa shape index (κ3) is 4.18. The average Bonchev–Trinajstić information content (AvgIpc) is 3.10. The maximum absolute atomic E-state index is 12.9. The van der Waals surface area contributed by atoms with E-state index in [-0.39, 0.29) is 18.9 Å². The molecule has 0 radical (unpaired) electrons. The summed E-state index contributed by atoms with van der Waals surface area (Å²) < 4.78 is 1.30. The number of fused-ring (bicyclic) bond motifs is 1. The number of amides is 1. The molecule has 2 atom stereocenters. The molecule has 1 fully saturated rings. The van der Waals surface area contributed by atoms with Crippen molar-refractivity contribution in [2.24, 2.45) is 0 Å². The summed E-state index contributed by atoms with van der Waals surface area (Å²) in [6, 6.07) is 4.71. The van der Waals surface area contributed by atoms with Gasteiger partial charge in [0.25, 0.3) is 5.56 Å². The smallest absolute Gasteiger partial charge is 0.328 e. The van der Waals surface area contributed by atoms with E-state index in [1.807, 2.05) is 19.9 Å². The van der Waals surface area contributed by atoms with Crippen LogP contribution >= 0.6 is 0 Å². The number of hydrogen-bond acceptors (Lipinski definition) is 5. The average molecular weight is 425 g/mol. The van der Waals surface area contributed by atoms with Crippen LogP contribution in [0, 0.1) is 13.8 Å². The number of aromatic amines is 2. The fourth-order valence-corrected chi connectivity index (χ4v) is 4.34. The van der Waals surface area contributed by atoms with E-state index in [0.717, 1.165) is 28.0 Å². The zero-order valence-electron chi connectivity index (χ0n) is 17.9. The number of benzene rings is 1. The highest BCUT2D eigenvalue weighted by atomic mass is 16.3. The normalized spacial score (nSPS) is 21.5. The summed E-state index contributed by atoms with van der Waals surface area (Å²) in [5, 5.41) is 10.8. The summed E-state index contributed by atoms with van der Waals surface area (Å²) >= 11 is 0. The summed E-state index contributed by atoms with van der Waals surface area (Å²) in [5.74, 6) is 0.695. The van der Waals surface area contributed by atoms with Crippen LogP contribution in [0.5, 0.6) is 0 Å². The van der Waals surface area contributed by atoms with Gasteiger partial charge < -0.3 is 15.0 Å². The van der Waals surface area contributed by atoms with Crippen LogP contribution in [0.25, 0.3) is 11.0 Å². The van der Waals surface area contributed by atoms with Gasteiger partial charge in [-0.25, -0.2) is 9.78 Å². The lowest BCUT2D eigenvalue weighted by Gasteiger charge is -2.43. The molecule has 3 aromatic rings. The largest absolute Gasteiger partial charge is 0.388 e. The Morgan fingerprint density at radius 1 is 1.29 bits per heavy atom. The van der Waals surface area contributed by atoms with Crippen LogP contribution in [0.4, 0.5) is 0 Å². The van der Waals surface area contributed by atoms with Gasteiger partial charge in [0.05, 0.1) is 22.7 Å². The van der Waals surface area contributed by atoms with Crippen LogP contribution in [0.15, 0.2) is 34.0 Å². The lowest BCUT2D eigenvalue weighted by Crippen LogP contribution is -2.55. The quantitative estimate of drug-likeness (QED) is 0.579. The van der Waals surface area contributed by atoms with E-state index in [4.69, 9.17) is 0 Å². The van der Waals surface area contributed by atoms with E-state index in [1.165, 1.54) is 16.8 Å². The number of carbonyl (C=O) groups is 1. The van der Waals surface area contributed by atoms with Gasteiger partial charge in [-0.3, -0.25) is 19.1 Å². The topological polar surface area (TPSA) is 124 Å². The van der Waals surface area contributed by atoms with Crippen LogP contribution in [-0.4, -0.2) is 54.1 Å². The first kappa shape index (κ1) is 21.0. The molecule has 1 amide bonds. The Bertz CT molecular complexity index is 1250. The van der Waals surface area contributed by atoms with E-state index in [9.17, 15) is 19.5 Å². The molecule has 3 heterocycles. The predicted octanol–water partition coefficient (Wildman–Crippen LogP) is 1.19. The van der Waals surface area contributed by atoms with E-state index in [1.54, 1.807) is 11.8 Å². The van der Waals surface area contributed by atoms with Crippen molar-refractivity contribution < 1.29 is 9.90 Å². The molecule has 4 rings (SSSR count). The number of likely N-dealkylation sites (tertiary alicyclic amines) is 1. The Morgan fingerprint density at radius 2 is 2.06 bits per heavy atom. The number of imidazole rings is 1. The van der Waals surface area contributed by atoms with Gasteiger partial charge in [0.1, 0.15) is 5.82 Å². The molecular formula is C22H27N5O4. The van der Waals surface area contributed by atoms with E-state index < -0.39 is 22.9 Å². The molecule has 0 spiro atoms. The number of nitrogens with one attached hydrogen (secondary N) is 2. The third-order valence-corrected chi connectivity index (χ3v) is 6.08. The lowest BCUT2D eigenvalue weighted by molar-refractivity contribution is -0.138. The lowest BCUT2D eigenvalue weighted by atomic mass is 9.88. The fourth-order valence-electron chi connectivity index (χ4n) is 4.34. The standard InChI is InChI=1S/C22H27N5O4/c1-13-10-14(2)20-15(11-13)23-17(24-20)4-5-19(29)26-9-7-22(3,31)16(12-26)27-8-6-18(28)25-21(27)30/h6,8,10-11,16,31H,4-5,7,9,12H2,1-3H3,(H,23,24)(H,25,28,30)/t16-,22-/m1/s1. The van der Waals surface area contributed by atoms with Gasteiger partial charge >= 0.3 is 5.69 Å². The van der Waals surface area contributed by atoms with Crippen molar-refractivity contribution in [1.29, 1.82) is 0 Å². The van der Waals surface area contributed by atoms with Crippen LogP contribution in [0.1, 0.15) is 42.8 Å².